The van der Waals surface area contributed by atoms with E-state index in [0.717, 1.165) is 10.6 Å². The molecule has 0 aliphatic heterocycles. The maximum absolute atomic E-state index is 12.6. The van der Waals surface area contributed by atoms with Gasteiger partial charge in [0.05, 0.1) is 30.2 Å². The highest BCUT2D eigenvalue weighted by molar-refractivity contribution is 8.00. The molecule has 0 saturated carbocycles. The van der Waals surface area contributed by atoms with Gasteiger partial charge < -0.3 is 20.1 Å². The van der Waals surface area contributed by atoms with Gasteiger partial charge in [0, 0.05) is 18.6 Å². The predicted octanol–water partition coefficient (Wildman–Crippen LogP) is 3.19. The topological polar surface area (TPSA) is 76.7 Å². The molecule has 1 atom stereocenters. The maximum Gasteiger partial charge on any atom is 0.253 e. The van der Waals surface area contributed by atoms with Crippen molar-refractivity contribution in [3.05, 3.63) is 54.1 Å². The molecule has 2 N–H and O–H groups in total. The van der Waals surface area contributed by atoms with Crippen molar-refractivity contribution >= 4 is 29.3 Å². The Morgan fingerprint density at radius 3 is 2.44 bits per heavy atom. The van der Waals surface area contributed by atoms with Gasteiger partial charge in [-0.05, 0) is 43.3 Å². The van der Waals surface area contributed by atoms with E-state index in [1.807, 2.05) is 31.2 Å². The average molecular weight is 388 g/mol. The van der Waals surface area contributed by atoms with Crippen molar-refractivity contribution in [3.8, 4) is 5.75 Å². The zero-order valence-corrected chi connectivity index (χ0v) is 16.5. The summed E-state index contributed by atoms with van der Waals surface area (Å²) in [6, 6.07) is 14.5. The largest absolute Gasteiger partial charge is 0.497 e. The van der Waals surface area contributed by atoms with Crippen molar-refractivity contribution in [1.82, 2.24) is 5.32 Å². The number of rotatable bonds is 9. The minimum absolute atomic E-state index is 0.173. The van der Waals surface area contributed by atoms with E-state index in [2.05, 4.69) is 10.6 Å². The van der Waals surface area contributed by atoms with Gasteiger partial charge in [-0.2, -0.15) is 0 Å². The second kappa shape index (κ2) is 10.6. The third-order valence-electron chi connectivity index (χ3n) is 3.76. The van der Waals surface area contributed by atoms with Gasteiger partial charge in [-0.25, -0.2) is 0 Å². The van der Waals surface area contributed by atoms with E-state index in [1.165, 1.54) is 11.8 Å². The third-order valence-corrected chi connectivity index (χ3v) is 4.87. The van der Waals surface area contributed by atoms with Crippen LogP contribution in [0.2, 0.25) is 0 Å². The molecule has 2 rings (SSSR count). The first-order chi connectivity index (χ1) is 13.0. The summed E-state index contributed by atoms with van der Waals surface area (Å²) >= 11 is 1.44. The Hall–Kier alpha value is -2.51. The average Bonchev–Trinajstić information content (AvgIpc) is 2.69. The third kappa shape index (κ3) is 6.30. The van der Waals surface area contributed by atoms with E-state index >= 15 is 0 Å². The van der Waals surface area contributed by atoms with Crippen molar-refractivity contribution in [3.63, 3.8) is 0 Å². The van der Waals surface area contributed by atoms with Gasteiger partial charge in [0.15, 0.2) is 0 Å². The Labute approximate surface area is 163 Å². The van der Waals surface area contributed by atoms with Crippen LogP contribution in [0.3, 0.4) is 0 Å². The smallest absolute Gasteiger partial charge is 0.253 e. The fourth-order valence-corrected chi connectivity index (χ4v) is 3.17. The Morgan fingerprint density at radius 1 is 1.07 bits per heavy atom. The number of benzene rings is 2. The number of hydrogen-bond donors (Lipinski definition) is 2. The highest BCUT2D eigenvalue weighted by Crippen LogP contribution is 2.26. The van der Waals surface area contributed by atoms with E-state index in [-0.39, 0.29) is 17.1 Å². The zero-order valence-electron chi connectivity index (χ0n) is 15.7. The predicted molar refractivity (Wildman–Crippen MR) is 108 cm³/mol. The zero-order chi connectivity index (χ0) is 19.6. The molecule has 6 nitrogen and oxygen atoms in total. The molecule has 0 aliphatic rings. The molecule has 0 radical (unpaired) electrons. The first-order valence-corrected chi connectivity index (χ1v) is 9.41. The lowest BCUT2D eigenvalue weighted by Crippen LogP contribution is -2.29. The SMILES string of the molecule is COCCNC(=O)c1ccccc1NC(=O)[C@H](C)Sc1ccc(OC)cc1. The molecule has 27 heavy (non-hydrogen) atoms. The van der Waals surface area contributed by atoms with Crippen molar-refractivity contribution in [1.29, 1.82) is 0 Å². The molecule has 0 spiro atoms. The van der Waals surface area contributed by atoms with Crippen LogP contribution >= 0.6 is 11.8 Å². The number of para-hydroxylation sites is 1. The lowest BCUT2D eigenvalue weighted by atomic mass is 10.1. The molecule has 2 amide bonds. The molecule has 0 fully saturated rings. The Bertz CT molecular complexity index is 765. The number of carbonyl (C=O) groups excluding carboxylic acids is 2. The van der Waals surface area contributed by atoms with E-state index in [0.29, 0.717) is 24.4 Å². The summed E-state index contributed by atoms with van der Waals surface area (Å²) < 4.78 is 10.1. The van der Waals surface area contributed by atoms with Crippen molar-refractivity contribution in [2.45, 2.75) is 17.1 Å². The lowest BCUT2D eigenvalue weighted by Gasteiger charge is -2.15. The van der Waals surface area contributed by atoms with Crippen LogP contribution in [0.4, 0.5) is 5.69 Å². The molecule has 0 heterocycles. The molecular formula is C20H24N2O4S. The highest BCUT2D eigenvalue weighted by Gasteiger charge is 2.18. The Morgan fingerprint density at radius 2 is 1.78 bits per heavy atom. The van der Waals surface area contributed by atoms with Crippen LogP contribution < -0.4 is 15.4 Å². The van der Waals surface area contributed by atoms with E-state index in [1.54, 1.807) is 38.5 Å². The summed E-state index contributed by atoms with van der Waals surface area (Å²) in [6.45, 7) is 2.66. The van der Waals surface area contributed by atoms with Gasteiger partial charge in [0.25, 0.3) is 5.91 Å². The monoisotopic (exact) mass is 388 g/mol. The fourth-order valence-electron chi connectivity index (χ4n) is 2.30. The summed E-state index contributed by atoms with van der Waals surface area (Å²) in [5.74, 6) is 0.344. The van der Waals surface area contributed by atoms with Crippen LogP contribution in [0.5, 0.6) is 5.75 Å². The summed E-state index contributed by atoms with van der Waals surface area (Å²) in [4.78, 5) is 25.8. The highest BCUT2D eigenvalue weighted by atomic mass is 32.2. The lowest BCUT2D eigenvalue weighted by molar-refractivity contribution is -0.115. The summed E-state index contributed by atoms with van der Waals surface area (Å²) in [5.41, 5.74) is 0.906. The quantitative estimate of drug-likeness (QED) is 0.510. The summed E-state index contributed by atoms with van der Waals surface area (Å²) in [6.07, 6.45) is 0. The van der Waals surface area contributed by atoms with Gasteiger partial charge in [0.2, 0.25) is 5.91 Å². The van der Waals surface area contributed by atoms with Crippen LogP contribution in [0, 0.1) is 0 Å². The van der Waals surface area contributed by atoms with E-state index < -0.39 is 0 Å². The van der Waals surface area contributed by atoms with Crippen LogP contribution in [-0.4, -0.2) is 44.4 Å². The fraction of sp³-hybridized carbons (Fsp3) is 0.300. The molecule has 0 unspecified atom stereocenters. The van der Waals surface area contributed by atoms with Gasteiger partial charge in [-0.3, -0.25) is 9.59 Å². The number of anilines is 1. The second-order valence-corrected chi connectivity index (χ2v) is 7.13. The number of methoxy groups -OCH3 is 2. The van der Waals surface area contributed by atoms with E-state index in [9.17, 15) is 9.59 Å². The summed E-state index contributed by atoms with van der Waals surface area (Å²) in [7, 11) is 3.18. The molecule has 2 aromatic carbocycles. The normalized spacial score (nSPS) is 11.5. The number of nitrogens with one attached hydrogen (secondary N) is 2. The summed E-state index contributed by atoms with van der Waals surface area (Å²) in [5, 5.41) is 5.28. The first-order valence-electron chi connectivity index (χ1n) is 8.53. The molecular weight excluding hydrogens is 364 g/mol. The molecule has 2 aromatic rings. The number of ether oxygens (including phenoxy) is 2. The van der Waals surface area contributed by atoms with Gasteiger partial charge in [-0.15, -0.1) is 11.8 Å². The van der Waals surface area contributed by atoms with Crippen LogP contribution in [0.1, 0.15) is 17.3 Å². The van der Waals surface area contributed by atoms with Crippen LogP contribution in [0.25, 0.3) is 0 Å². The molecule has 0 aliphatic carbocycles. The first kappa shape index (κ1) is 20.8. The standard InChI is InChI=1S/C20H24N2O4S/c1-14(27-16-10-8-15(26-3)9-11-16)19(23)22-18-7-5-4-6-17(18)20(24)21-12-13-25-2/h4-11,14H,12-13H2,1-3H3,(H,21,24)(H,22,23)/t14-/m0/s1. The Kier molecular flexibility index (Phi) is 8.16. The maximum atomic E-state index is 12.6. The molecule has 0 aromatic heterocycles. The number of hydrogen-bond acceptors (Lipinski definition) is 5. The minimum Gasteiger partial charge on any atom is -0.497 e. The van der Waals surface area contributed by atoms with Crippen molar-refractivity contribution in [2.24, 2.45) is 0 Å². The van der Waals surface area contributed by atoms with Crippen LogP contribution in [-0.2, 0) is 9.53 Å². The second-order valence-electron chi connectivity index (χ2n) is 5.72. The van der Waals surface area contributed by atoms with Gasteiger partial charge >= 0.3 is 0 Å². The molecule has 7 heteroatoms. The minimum atomic E-state index is -0.331. The Balaban J connectivity index is 2.00. The van der Waals surface area contributed by atoms with Gasteiger partial charge in [0.1, 0.15) is 5.75 Å². The number of amides is 2. The van der Waals surface area contributed by atoms with Crippen LogP contribution in [0.15, 0.2) is 53.4 Å². The molecule has 144 valence electrons. The number of thioether (sulfide) groups is 1. The molecule has 0 saturated heterocycles. The van der Waals surface area contributed by atoms with E-state index in [4.69, 9.17) is 9.47 Å². The number of carbonyl (C=O) groups is 2. The van der Waals surface area contributed by atoms with Crippen molar-refractivity contribution in [2.75, 3.05) is 32.7 Å². The van der Waals surface area contributed by atoms with Gasteiger partial charge in [-0.1, -0.05) is 12.1 Å². The molecule has 0 bridgehead atoms. The van der Waals surface area contributed by atoms with Crippen molar-refractivity contribution < 1.29 is 19.1 Å².